The highest BCUT2D eigenvalue weighted by Crippen LogP contribution is 2.28. The van der Waals surface area contributed by atoms with Crippen LogP contribution in [0.4, 0.5) is 0 Å². The van der Waals surface area contributed by atoms with Crippen molar-refractivity contribution in [2.45, 2.75) is 50.5 Å². The van der Waals surface area contributed by atoms with Gasteiger partial charge in [-0.3, -0.25) is 19.4 Å². The Morgan fingerprint density at radius 1 is 1.06 bits per heavy atom. The van der Waals surface area contributed by atoms with Gasteiger partial charge in [-0.05, 0) is 31.0 Å². The number of hydrogen-bond donors (Lipinski definition) is 2. The monoisotopic (exact) mass is 420 g/mol. The molecule has 0 saturated carbocycles. The summed E-state index contributed by atoms with van der Waals surface area (Å²) < 4.78 is 0. The van der Waals surface area contributed by atoms with Gasteiger partial charge in [0.05, 0.1) is 0 Å². The fourth-order valence-corrected chi connectivity index (χ4v) is 4.83. The highest BCUT2D eigenvalue weighted by molar-refractivity contribution is 5.83. The summed E-state index contributed by atoms with van der Waals surface area (Å²) >= 11 is 0. The SMILES string of the molecule is CN1[C@@H](CCC(=O)NCc2ccccc2)CNC(=O)[C@@H]2[C@H]1CCN2Cc1ccccc1. The quantitative estimate of drug-likeness (QED) is 0.721. The average molecular weight is 421 g/mol. The zero-order valence-electron chi connectivity index (χ0n) is 18.2. The molecule has 3 atom stereocenters. The largest absolute Gasteiger partial charge is 0.353 e. The van der Waals surface area contributed by atoms with Gasteiger partial charge in [0, 0.05) is 44.7 Å². The predicted octanol–water partition coefficient (Wildman–Crippen LogP) is 2.16. The third kappa shape index (κ3) is 5.32. The van der Waals surface area contributed by atoms with Crippen molar-refractivity contribution in [3.63, 3.8) is 0 Å². The molecule has 0 radical (unpaired) electrons. The summed E-state index contributed by atoms with van der Waals surface area (Å²) in [6, 6.07) is 20.5. The number of benzene rings is 2. The van der Waals surface area contributed by atoms with Gasteiger partial charge in [0.2, 0.25) is 11.8 Å². The smallest absolute Gasteiger partial charge is 0.239 e. The molecule has 2 aromatic carbocycles. The number of carbonyl (C=O) groups excluding carboxylic acids is 2. The first kappa shape index (κ1) is 21.5. The van der Waals surface area contributed by atoms with Crippen LogP contribution in [0.3, 0.4) is 0 Å². The fourth-order valence-electron chi connectivity index (χ4n) is 4.83. The van der Waals surface area contributed by atoms with Crippen LogP contribution >= 0.6 is 0 Å². The van der Waals surface area contributed by atoms with Crippen molar-refractivity contribution < 1.29 is 9.59 Å². The summed E-state index contributed by atoms with van der Waals surface area (Å²) in [6.45, 7) is 2.84. The Morgan fingerprint density at radius 2 is 1.74 bits per heavy atom. The molecule has 2 saturated heterocycles. The Hall–Kier alpha value is -2.70. The first-order valence-electron chi connectivity index (χ1n) is 11.2. The van der Waals surface area contributed by atoms with Crippen LogP contribution in [-0.4, -0.2) is 59.9 Å². The van der Waals surface area contributed by atoms with Gasteiger partial charge < -0.3 is 10.6 Å². The average Bonchev–Trinajstić information content (AvgIpc) is 3.17. The fraction of sp³-hybridized carbons (Fsp3) is 0.440. The van der Waals surface area contributed by atoms with Gasteiger partial charge in [0.25, 0.3) is 0 Å². The molecule has 2 heterocycles. The molecule has 0 aromatic heterocycles. The Kier molecular flexibility index (Phi) is 6.99. The Balaban J connectivity index is 1.32. The summed E-state index contributed by atoms with van der Waals surface area (Å²) in [5.74, 6) is 0.169. The lowest BCUT2D eigenvalue weighted by Crippen LogP contribution is -2.49. The molecule has 164 valence electrons. The van der Waals surface area contributed by atoms with E-state index in [4.69, 9.17) is 0 Å². The molecule has 0 bridgehead atoms. The zero-order valence-corrected chi connectivity index (χ0v) is 18.2. The summed E-state index contributed by atoms with van der Waals surface area (Å²) in [6.07, 6.45) is 2.17. The minimum atomic E-state index is -0.137. The summed E-state index contributed by atoms with van der Waals surface area (Å²) in [5, 5.41) is 6.15. The van der Waals surface area contributed by atoms with Crippen LogP contribution in [0.15, 0.2) is 60.7 Å². The molecule has 2 aliphatic heterocycles. The van der Waals surface area contributed by atoms with Gasteiger partial charge in [0.15, 0.2) is 0 Å². The van der Waals surface area contributed by atoms with Gasteiger partial charge in [-0.2, -0.15) is 0 Å². The second-order valence-electron chi connectivity index (χ2n) is 8.62. The molecule has 0 spiro atoms. The van der Waals surface area contributed by atoms with Crippen LogP contribution < -0.4 is 10.6 Å². The molecule has 0 unspecified atom stereocenters. The predicted molar refractivity (Wildman–Crippen MR) is 121 cm³/mol. The van der Waals surface area contributed by atoms with Gasteiger partial charge >= 0.3 is 0 Å². The molecule has 0 aliphatic carbocycles. The third-order valence-electron chi connectivity index (χ3n) is 6.62. The minimum Gasteiger partial charge on any atom is -0.353 e. The summed E-state index contributed by atoms with van der Waals surface area (Å²) in [5.41, 5.74) is 2.33. The lowest BCUT2D eigenvalue weighted by atomic mass is 10.0. The van der Waals surface area contributed by atoms with Gasteiger partial charge in [-0.25, -0.2) is 0 Å². The Labute approximate surface area is 184 Å². The van der Waals surface area contributed by atoms with E-state index in [0.29, 0.717) is 19.5 Å². The van der Waals surface area contributed by atoms with E-state index in [1.807, 2.05) is 48.5 Å². The second kappa shape index (κ2) is 10.1. The van der Waals surface area contributed by atoms with Crippen LogP contribution in [-0.2, 0) is 22.7 Å². The number of nitrogens with zero attached hydrogens (tertiary/aromatic N) is 2. The van der Waals surface area contributed by atoms with Crippen LogP contribution in [0.25, 0.3) is 0 Å². The van der Waals surface area contributed by atoms with Crippen LogP contribution in [0, 0.1) is 0 Å². The van der Waals surface area contributed by atoms with Crippen molar-refractivity contribution in [2.75, 3.05) is 20.1 Å². The van der Waals surface area contributed by atoms with E-state index in [1.54, 1.807) is 0 Å². The van der Waals surface area contributed by atoms with E-state index in [0.717, 1.165) is 31.5 Å². The number of likely N-dealkylation sites (tertiary alicyclic amines) is 1. The zero-order chi connectivity index (χ0) is 21.6. The van der Waals surface area contributed by atoms with E-state index < -0.39 is 0 Å². The van der Waals surface area contributed by atoms with Crippen LogP contribution in [0.2, 0.25) is 0 Å². The first-order chi connectivity index (χ1) is 15.1. The number of carbonyl (C=O) groups is 2. The molecular formula is C25H32N4O2. The second-order valence-corrected chi connectivity index (χ2v) is 8.62. The Morgan fingerprint density at radius 3 is 2.45 bits per heavy atom. The number of nitrogens with one attached hydrogen (secondary N) is 2. The van der Waals surface area contributed by atoms with Crippen molar-refractivity contribution in [2.24, 2.45) is 0 Å². The molecule has 6 nitrogen and oxygen atoms in total. The highest BCUT2D eigenvalue weighted by Gasteiger charge is 2.44. The maximum absolute atomic E-state index is 12.9. The molecule has 2 N–H and O–H groups in total. The molecule has 2 fully saturated rings. The maximum Gasteiger partial charge on any atom is 0.239 e. The maximum atomic E-state index is 12.9. The molecular weight excluding hydrogens is 388 g/mol. The van der Waals surface area contributed by atoms with E-state index >= 15 is 0 Å². The van der Waals surface area contributed by atoms with Crippen LogP contribution in [0.1, 0.15) is 30.4 Å². The van der Waals surface area contributed by atoms with Crippen molar-refractivity contribution in [3.05, 3.63) is 71.8 Å². The highest BCUT2D eigenvalue weighted by atomic mass is 16.2. The van der Waals surface area contributed by atoms with Crippen LogP contribution in [0.5, 0.6) is 0 Å². The number of likely N-dealkylation sites (N-methyl/N-ethyl adjacent to an activating group) is 1. The number of rotatable bonds is 7. The van der Waals surface area contributed by atoms with Gasteiger partial charge in [0.1, 0.15) is 6.04 Å². The van der Waals surface area contributed by atoms with Crippen molar-refractivity contribution in [3.8, 4) is 0 Å². The van der Waals surface area contributed by atoms with Gasteiger partial charge in [-0.15, -0.1) is 0 Å². The normalized spacial score (nSPS) is 24.3. The van der Waals surface area contributed by atoms with E-state index in [9.17, 15) is 9.59 Å². The standard InChI is InChI=1S/C25H32N4O2/c1-28-21(12-13-23(30)26-16-19-8-4-2-5-9-19)17-27-25(31)24-22(28)14-15-29(24)18-20-10-6-3-7-11-20/h2-11,21-22,24H,12-18H2,1H3,(H,26,30)(H,27,31)/t21-,22+,24-/m0/s1. The van der Waals surface area contributed by atoms with E-state index in [2.05, 4.69) is 39.6 Å². The topological polar surface area (TPSA) is 64.7 Å². The van der Waals surface area contributed by atoms with E-state index in [-0.39, 0.29) is 29.9 Å². The summed E-state index contributed by atoms with van der Waals surface area (Å²) in [4.78, 5) is 29.9. The number of hydrogen-bond acceptors (Lipinski definition) is 4. The first-order valence-corrected chi connectivity index (χ1v) is 11.2. The number of fused-ring (bicyclic) bond motifs is 1. The third-order valence-corrected chi connectivity index (χ3v) is 6.62. The van der Waals surface area contributed by atoms with E-state index in [1.165, 1.54) is 5.56 Å². The summed E-state index contributed by atoms with van der Waals surface area (Å²) in [7, 11) is 2.11. The molecule has 6 heteroatoms. The lowest BCUT2D eigenvalue weighted by molar-refractivity contribution is -0.126. The minimum absolute atomic E-state index is 0.0569. The molecule has 2 aromatic rings. The van der Waals surface area contributed by atoms with Crippen molar-refractivity contribution in [1.29, 1.82) is 0 Å². The molecule has 4 rings (SSSR count). The Bertz CT molecular complexity index is 874. The number of amides is 2. The molecule has 2 aliphatic rings. The van der Waals surface area contributed by atoms with Crippen molar-refractivity contribution >= 4 is 11.8 Å². The van der Waals surface area contributed by atoms with Gasteiger partial charge in [-0.1, -0.05) is 60.7 Å². The van der Waals surface area contributed by atoms with Crippen molar-refractivity contribution in [1.82, 2.24) is 20.4 Å². The molecule has 2 amide bonds. The molecule has 31 heavy (non-hydrogen) atoms. The lowest BCUT2D eigenvalue weighted by Gasteiger charge is -2.33.